The molecule has 1 fully saturated rings. The Morgan fingerprint density at radius 3 is 2.68 bits per heavy atom. The molecule has 1 aliphatic rings. The first-order valence-electron chi connectivity index (χ1n) is 7.73. The van der Waals surface area contributed by atoms with Crippen molar-refractivity contribution in [2.24, 2.45) is 0 Å². The van der Waals surface area contributed by atoms with Gasteiger partial charge in [-0.3, -0.25) is 15.8 Å². The summed E-state index contributed by atoms with van der Waals surface area (Å²) in [5.74, 6) is 0. The van der Waals surface area contributed by atoms with Crippen LogP contribution >= 0.6 is 0 Å². The van der Waals surface area contributed by atoms with E-state index in [0.717, 1.165) is 18.7 Å². The number of hydrogen-bond acceptors (Lipinski definition) is 5. The van der Waals surface area contributed by atoms with Crippen molar-refractivity contribution in [2.45, 2.75) is 18.7 Å². The van der Waals surface area contributed by atoms with Crippen LogP contribution in [-0.4, -0.2) is 48.9 Å². The summed E-state index contributed by atoms with van der Waals surface area (Å²) in [7, 11) is 1.65. The van der Waals surface area contributed by atoms with Gasteiger partial charge in [-0.1, -0.05) is 6.07 Å². The average Bonchev–Trinajstić information content (AvgIpc) is 3.07. The Bertz CT molecular complexity index is 834. The molecule has 25 heavy (non-hydrogen) atoms. The number of halogens is 3. The molecule has 8 heteroatoms. The van der Waals surface area contributed by atoms with Crippen molar-refractivity contribution < 1.29 is 17.9 Å². The fraction of sp³-hybridized carbons (Fsp3) is 0.353. The number of nitrogens with one attached hydrogen (secondary N) is 2. The molecule has 1 aromatic carbocycles. The Hall–Kier alpha value is -2.48. The number of aromatic nitrogens is 1. The predicted octanol–water partition coefficient (Wildman–Crippen LogP) is 3.41. The highest BCUT2D eigenvalue weighted by Crippen LogP contribution is 2.30. The van der Waals surface area contributed by atoms with E-state index in [4.69, 9.17) is 15.6 Å². The van der Waals surface area contributed by atoms with Gasteiger partial charge in [0, 0.05) is 43.0 Å². The Kier molecular flexibility index (Phi) is 4.47. The van der Waals surface area contributed by atoms with Crippen LogP contribution in [0, 0.1) is 10.8 Å². The Morgan fingerprint density at radius 1 is 1.28 bits per heavy atom. The summed E-state index contributed by atoms with van der Waals surface area (Å²) in [6.07, 6.45) is -2.21. The first-order chi connectivity index (χ1) is 11.8. The van der Waals surface area contributed by atoms with Gasteiger partial charge in [0.15, 0.2) is 5.71 Å². The zero-order valence-electron chi connectivity index (χ0n) is 13.5. The number of hydrogen-bond donors (Lipinski definition) is 2. The minimum Gasteiger partial charge on any atom is -0.380 e. The fourth-order valence-corrected chi connectivity index (χ4v) is 2.99. The first-order valence-corrected chi connectivity index (χ1v) is 7.73. The van der Waals surface area contributed by atoms with Gasteiger partial charge in [-0.25, -0.2) is 0 Å². The van der Waals surface area contributed by atoms with Crippen LogP contribution in [0.4, 0.5) is 18.9 Å². The average molecular weight is 350 g/mol. The zero-order chi connectivity index (χ0) is 18.2. The summed E-state index contributed by atoms with van der Waals surface area (Å²) in [5, 5.41) is 15.5. The van der Waals surface area contributed by atoms with Crippen molar-refractivity contribution in [3.8, 4) is 0 Å². The molecule has 1 aromatic heterocycles. The third-order valence-corrected chi connectivity index (χ3v) is 4.36. The number of ether oxygens (including phenoxy) is 1. The highest BCUT2D eigenvalue weighted by atomic mass is 19.4. The third-order valence-electron chi connectivity index (χ3n) is 4.36. The van der Waals surface area contributed by atoms with Gasteiger partial charge < -0.3 is 9.64 Å². The standard InChI is InChI=1S/C17H17F3N4O/c1-25-11-5-7-24(9-11)14-4-6-23-13-3-2-10(8-12(13)14)15(21)16(22)17(18,19)20/h2-4,6,8,11,21-22H,5,7,9H2,1H3. The molecule has 1 unspecified atom stereocenters. The van der Waals surface area contributed by atoms with Gasteiger partial charge in [0.1, 0.15) is 0 Å². The largest absolute Gasteiger partial charge is 0.434 e. The molecule has 0 amide bonds. The van der Waals surface area contributed by atoms with Crippen molar-refractivity contribution >= 4 is 28.0 Å². The Balaban J connectivity index is 2.01. The van der Waals surface area contributed by atoms with Gasteiger partial charge in [0.25, 0.3) is 0 Å². The molecular formula is C17H17F3N4O. The molecule has 0 bridgehead atoms. The molecule has 0 aliphatic carbocycles. The summed E-state index contributed by atoms with van der Waals surface area (Å²) < 4.78 is 43.5. The third kappa shape index (κ3) is 3.34. The van der Waals surface area contributed by atoms with Crippen LogP contribution < -0.4 is 4.90 Å². The molecule has 2 heterocycles. The quantitative estimate of drug-likeness (QED) is 0.830. The number of pyridine rings is 1. The number of methoxy groups -OCH3 is 1. The van der Waals surface area contributed by atoms with Crippen molar-refractivity contribution in [2.75, 3.05) is 25.1 Å². The lowest BCUT2D eigenvalue weighted by atomic mass is 10.0. The van der Waals surface area contributed by atoms with Crippen LogP contribution in [0.15, 0.2) is 30.5 Å². The molecule has 5 nitrogen and oxygen atoms in total. The van der Waals surface area contributed by atoms with Crippen molar-refractivity contribution in [3.05, 3.63) is 36.0 Å². The first kappa shape index (κ1) is 17.3. The highest BCUT2D eigenvalue weighted by molar-refractivity contribution is 6.48. The van der Waals surface area contributed by atoms with E-state index in [2.05, 4.69) is 9.88 Å². The molecule has 0 radical (unpaired) electrons. The van der Waals surface area contributed by atoms with Gasteiger partial charge in [-0.15, -0.1) is 0 Å². The monoisotopic (exact) mass is 350 g/mol. The predicted molar refractivity (Wildman–Crippen MR) is 90.0 cm³/mol. The summed E-state index contributed by atoms with van der Waals surface area (Å²) in [5.41, 5.74) is -0.976. The van der Waals surface area contributed by atoms with Crippen LogP contribution in [0.1, 0.15) is 12.0 Å². The van der Waals surface area contributed by atoms with Gasteiger partial charge in [0.05, 0.1) is 17.3 Å². The highest BCUT2D eigenvalue weighted by Gasteiger charge is 2.37. The maximum atomic E-state index is 12.7. The molecule has 1 saturated heterocycles. The number of anilines is 1. The molecule has 1 atom stereocenters. The SMILES string of the molecule is COC1CCN(c2ccnc3ccc(C(=N)C(=N)C(F)(F)F)cc23)C1. The van der Waals surface area contributed by atoms with Crippen LogP contribution in [-0.2, 0) is 4.74 Å². The lowest BCUT2D eigenvalue weighted by Crippen LogP contribution is -2.30. The smallest absolute Gasteiger partial charge is 0.380 e. The molecule has 2 N–H and O–H groups in total. The normalized spacial score (nSPS) is 17.9. The van der Waals surface area contributed by atoms with E-state index in [-0.39, 0.29) is 11.7 Å². The summed E-state index contributed by atoms with van der Waals surface area (Å²) in [6, 6.07) is 6.28. The topological polar surface area (TPSA) is 73.1 Å². The Morgan fingerprint density at radius 2 is 2.04 bits per heavy atom. The van der Waals surface area contributed by atoms with E-state index in [0.29, 0.717) is 17.4 Å². The molecule has 0 spiro atoms. The number of rotatable bonds is 4. The fourth-order valence-electron chi connectivity index (χ4n) is 2.99. The van der Waals surface area contributed by atoms with E-state index in [9.17, 15) is 13.2 Å². The zero-order valence-corrected chi connectivity index (χ0v) is 13.5. The maximum absolute atomic E-state index is 12.7. The van der Waals surface area contributed by atoms with Gasteiger partial charge >= 0.3 is 6.18 Å². The second-order valence-corrected chi connectivity index (χ2v) is 5.90. The lowest BCUT2D eigenvalue weighted by Gasteiger charge is -2.20. The second kappa shape index (κ2) is 6.44. The van der Waals surface area contributed by atoms with Crippen molar-refractivity contribution in [1.29, 1.82) is 10.8 Å². The molecule has 132 valence electrons. The van der Waals surface area contributed by atoms with Crippen LogP contribution in [0.5, 0.6) is 0 Å². The van der Waals surface area contributed by atoms with Crippen molar-refractivity contribution in [1.82, 2.24) is 4.98 Å². The molecule has 3 rings (SSSR count). The number of alkyl halides is 3. The van der Waals surface area contributed by atoms with Crippen LogP contribution in [0.25, 0.3) is 10.9 Å². The molecular weight excluding hydrogens is 333 g/mol. The lowest BCUT2D eigenvalue weighted by molar-refractivity contribution is -0.0573. The number of fused-ring (bicyclic) bond motifs is 1. The number of benzene rings is 1. The van der Waals surface area contributed by atoms with E-state index < -0.39 is 17.6 Å². The number of nitrogens with zero attached hydrogens (tertiary/aromatic N) is 2. The molecule has 0 saturated carbocycles. The van der Waals surface area contributed by atoms with E-state index >= 15 is 0 Å². The van der Waals surface area contributed by atoms with Crippen molar-refractivity contribution in [3.63, 3.8) is 0 Å². The summed E-state index contributed by atoms with van der Waals surface area (Å²) in [6.45, 7) is 1.47. The van der Waals surface area contributed by atoms with Crippen LogP contribution in [0.2, 0.25) is 0 Å². The summed E-state index contributed by atoms with van der Waals surface area (Å²) in [4.78, 5) is 6.34. The van der Waals surface area contributed by atoms with Gasteiger partial charge in [-0.2, -0.15) is 13.2 Å². The summed E-state index contributed by atoms with van der Waals surface area (Å²) >= 11 is 0. The van der Waals surface area contributed by atoms with E-state index in [1.54, 1.807) is 19.4 Å². The molecule has 2 aromatic rings. The van der Waals surface area contributed by atoms with Gasteiger partial charge in [-0.05, 0) is 24.6 Å². The van der Waals surface area contributed by atoms with Gasteiger partial charge in [0.2, 0.25) is 0 Å². The minimum absolute atomic E-state index is 0.0477. The van der Waals surface area contributed by atoms with E-state index in [1.807, 2.05) is 6.07 Å². The van der Waals surface area contributed by atoms with E-state index in [1.165, 1.54) is 12.1 Å². The van der Waals surface area contributed by atoms with Crippen LogP contribution in [0.3, 0.4) is 0 Å². The second-order valence-electron chi connectivity index (χ2n) is 5.90. The minimum atomic E-state index is -4.84. The maximum Gasteiger partial charge on any atom is 0.434 e. The molecule has 1 aliphatic heterocycles. The Labute approximate surface area is 142 Å².